The van der Waals surface area contributed by atoms with E-state index in [2.05, 4.69) is 0 Å². The Kier molecular flexibility index (Phi) is 8.99. The lowest BCUT2D eigenvalue weighted by Gasteiger charge is -2.46. The van der Waals surface area contributed by atoms with Crippen LogP contribution in [0, 0.1) is 43.9 Å². The van der Waals surface area contributed by atoms with Crippen molar-refractivity contribution in [2.24, 2.45) is 16.2 Å². The summed E-state index contributed by atoms with van der Waals surface area (Å²) in [6.45, 7) is 15.7. The zero-order valence-corrected chi connectivity index (χ0v) is 27.4. The summed E-state index contributed by atoms with van der Waals surface area (Å²) in [5, 5.41) is 21.1. The van der Waals surface area contributed by atoms with Gasteiger partial charge in [0.2, 0.25) is 0 Å². The van der Waals surface area contributed by atoms with Crippen LogP contribution in [0.1, 0.15) is 106 Å². The van der Waals surface area contributed by atoms with Crippen molar-refractivity contribution in [3.63, 3.8) is 0 Å². The van der Waals surface area contributed by atoms with E-state index >= 15 is 0 Å². The highest BCUT2D eigenvalue weighted by Gasteiger charge is 2.54. The number of allylic oxidation sites excluding steroid dienone is 2. The van der Waals surface area contributed by atoms with Gasteiger partial charge in [0.25, 0.3) is 0 Å². The molecule has 0 fully saturated rings. The molecular formula is C38H46O6. The van der Waals surface area contributed by atoms with Gasteiger partial charge in [-0.15, -0.1) is 0 Å². The molecule has 44 heavy (non-hydrogen) atoms. The summed E-state index contributed by atoms with van der Waals surface area (Å²) >= 11 is 0. The van der Waals surface area contributed by atoms with E-state index in [1.165, 1.54) is 0 Å². The molecule has 2 aromatic carbocycles. The second kappa shape index (κ2) is 11.9. The first-order valence-corrected chi connectivity index (χ1v) is 15.5. The summed E-state index contributed by atoms with van der Waals surface area (Å²) in [7, 11) is 0. The summed E-state index contributed by atoms with van der Waals surface area (Å²) in [5.74, 6) is -2.41. The Morgan fingerprint density at radius 3 is 1.45 bits per heavy atom. The molecule has 6 nitrogen and oxygen atoms in total. The summed E-state index contributed by atoms with van der Waals surface area (Å²) < 4.78 is 0. The molecule has 0 saturated carbocycles. The van der Waals surface area contributed by atoms with E-state index in [0.717, 1.165) is 22.3 Å². The second-order valence-corrected chi connectivity index (χ2v) is 14.7. The van der Waals surface area contributed by atoms with E-state index in [4.69, 9.17) is 0 Å². The fourth-order valence-electron chi connectivity index (χ4n) is 7.54. The molecule has 0 atom stereocenters. The molecule has 2 aliphatic carbocycles. The number of carboxylic acid groups (broad SMARTS) is 2. The van der Waals surface area contributed by atoms with Crippen LogP contribution in [0.5, 0.6) is 0 Å². The number of Topliss-reactive ketones (excluding diaryl/α,β-unsaturated/α-hetero) is 2. The van der Waals surface area contributed by atoms with Gasteiger partial charge >= 0.3 is 11.9 Å². The van der Waals surface area contributed by atoms with Crippen LogP contribution in [0.4, 0.5) is 0 Å². The molecule has 4 rings (SSSR count). The van der Waals surface area contributed by atoms with Gasteiger partial charge in [-0.25, -0.2) is 0 Å². The van der Waals surface area contributed by atoms with Gasteiger partial charge in [0.1, 0.15) is 5.41 Å². The number of carbonyl (C=O) groups is 4. The molecule has 0 amide bonds. The highest BCUT2D eigenvalue weighted by atomic mass is 16.4. The molecule has 6 heteroatoms. The zero-order valence-electron chi connectivity index (χ0n) is 27.4. The van der Waals surface area contributed by atoms with Gasteiger partial charge in [0, 0.05) is 30.4 Å². The molecule has 0 aliphatic heterocycles. The van der Waals surface area contributed by atoms with E-state index in [-0.39, 0.29) is 43.7 Å². The lowest BCUT2D eigenvalue weighted by atomic mass is 9.55. The monoisotopic (exact) mass is 598 g/mol. The molecule has 0 aromatic heterocycles. The van der Waals surface area contributed by atoms with Crippen molar-refractivity contribution >= 4 is 34.7 Å². The highest BCUT2D eigenvalue weighted by molar-refractivity contribution is 6.26. The van der Waals surface area contributed by atoms with Crippen molar-refractivity contribution in [1.29, 1.82) is 0 Å². The van der Waals surface area contributed by atoms with Gasteiger partial charge in [-0.3, -0.25) is 19.2 Å². The molecule has 2 N–H and O–H groups in total. The van der Waals surface area contributed by atoms with E-state index in [9.17, 15) is 29.4 Å². The topological polar surface area (TPSA) is 109 Å². The number of hydrogen-bond acceptors (Lipinski definition) is 4. The largest absolute Gasteiger partial charge is 0.481 e. The Balaban J connectivity index is 2.23. The van der Waals surface area contributed by atoms with Gasteiger partial charge in [-0.2, -0.15) is 0 Å². The van der Waals surface area contributed by atoms with Crippen LogP contribution in [-0.2, 0) is 19.2 Å². The van der Waals surface area contributed by atoms with Crippen LogP contribution >= 0.6 is 0 Å². The van der Waals surface area contributed by atoms with Crippen molar-refractivity contribution < 1.29 is 29.4 Å². The third kappa shape index (κ3) is 6.36. The maximum Gasteiger partial charge on any atom is 0.318 e. The third-order valence-electron chi connectivity index (χ3n) is 9.39. The Morgan fingerprint density at radius 2 is 1.11 bits per heavy atom. The molecule has 0 heterocycles. The number of aryl methyl sites for hydroxylation is 4. The van der Waals surface area contributed by atoms with Crippen molar-refractivity contribution in [3.8, 4) is 0 Å². The van der Waals surface area contributed by atoms with Crippen molar-refractivity contribution in [2.45, 2.75) is 100 Å². The van der Waals surface area contributed by atoms with Crippen LogP contribution in [0.15, 0.2) is 47.5 Å². The van der Waals surface area contributed by atoms with E-state index in [1.54, 1.807) is 0 Å². The summed E-state index contributed by atoms with van der Waals surface area (Å²) in [6, 6.07) is 11.6. The predicted octanol–water partition coefficient (Wildman–Crippen LogP) is 8.23. The van der Waals surface area contributed by atoms with Crippen LogP contribution < -0.4 is 0 Å². The van der Waals surface area contributed by atoms with Gasteiger partial charge < -0.3 is 10.2 Å². The molecule has 2 aliphatic rings. The maximum atomic E-state index is 14.2. The first-order valence-electron chi connectivity index (χ1n) is 15.5. The smallest absolute Gasteiger partial charge is 0.318 e. The molecule has 0 bridgehead atoms. The van der Waals surface area contributed by atoms with Crippen molar-refractivity contribution in [1.82, 2.24) is 0 Å². The second-order valence-electron chi connectivity index (χ2n) is 14.7. The lowest BCUT2D eigenvalue weighted by molar-refractivity contribution is -0.146. The third-order valence-corrected chi connectivity index (χ3v) is 9.39. The lowest BCUT2D eigenvalue weighted by Crippen LogP contribution is -2.44. The minimum Gasteiger partial charge on any atom is -0.481 e. The van der Waals surface area contributed by atoms with Gasteiger partial charge in [-0.1, -0.05) is 75.2 Å². The van der Waals surface area contributed by atoms with Crippen LogP contribution in [0.2, 0.25) is 0 Å². The minimum absolute atomic E-state index is 0.0329. The Hall–Kier alpha value is -3.80. The molecule has 234 valence electrons. The Bertz CT molecular complexity index is 1510. The number of hydrogen-bond donors (Lipinski definition) is 2. The summed E-state index contributed by atoms with van der Waals surface area (Å²) in [4.78, 5) is 54.3. The molecular weight excluding hydrogens is 552 g/mol. The number of ketones is 2. The Labute approximate surface area is 261 Å². The van der Waals surface area contributed by atoms with Crippen molar-refractivity contribution in [3.05, 3.63) is 80.9 Å². The zero-order chi connectivity index (χ0) is 32.8. The number of carboxylic acids is 2. The molecule has 0 radical (unpaired) electrons. The van der Waals surface area contributed by atoms with Crippen molar-refractivity contribution in [2.75, 3.05) is 0 Å². The first kappa shape index (κ1) is 33.1. The standard InChI is InChI=1S/C38H46O6/c1-22-11-13-26(24(3)16-22)33-28(18-36(5,6)20-30(33)39)38(35(43)44,15-9-10-32(41)42)29-19-37(7,8)21-31(40)34(29)27-14-12-23(2)17-25(27)4/h11-14,16-17H,9-10,15,18-21H2,1-8H3,(H,41,42)(H,43,44). The average molecular weight is 599 g/mol. The molecule has 0 unspecified atom stereocenters. The Morgan fingerprint density at radius 1 is 0.705 bits per heavy atom. The minimum atomic E-state index is -1.75. The average Bonchev–Trinajstić information content (AvgIpc) is 2.86. The van der Waals surface area contributed by atoms with Crippen LogP contribution in [0.25, 0.3) is 11.1 Å². The predicted molar refractivity (Wildman–Crippen MR) is 173 cm³/mol. The van der Waals surface area contributed by atoms with E-state index < -0.39 is 28.2 Å². The molecule has 2 aromatic rings. The summed E-state index contributed by atoms with van der Waals surface area (Å²) in [6.07, 6.45) is 1.02. The number of carbonyl (C=O) groups excluding carboxylic acids is 2. The van der Waals surface area contributed by atoms with Gasteiger partial charge in [0.15, 0.2) is 11.6 Å². The maximum absolute atomic E-state index is 14.2. The van der Waals surface area contributed by atoms with Crippen LogP contribution in [0.3, 0.4) is 0 Å². The van der Waals surface area contributed by atoms with Crippen LogP contribution in [-0.4, -0.2) is 33.7 Å². The quantitative estimate of drug-likeness (QED) is 0.301. The van der Waals surface area contributed by atoms with Gasteiger partial charge in [0.05, 0.1) is 0 Å². The van der Waals surface area contributed by atoms with Gasteiger partial charge in [-0.05, 0) is 97.6 Å². The first-order chi connectivity index (χ1) is 20.4. The molecule has 0 saturated heterocycles. The fraction of sp³-hybridized carbons (Fsp3) is 0.474. The fourth-order valence-corrected chi connectivity index (χ4v) is 7.54. The summed E-state index contributed by atoms with van der Waals surface area (Å²) in [5.41, 5.74) is 4.18. The van der Waals surface area contributed by atoms with E-state index in [0.29, 0.717) is 46.3 Å². The number of rotatable bonds is 9. The normalized spacial score (nSPS) is 18.5. The molecule has 0 spiro atoms. The van der Waals surface area contributed by atoms with E-state index in [1.807, 2.05) is 91.8 Å². The number of benzene rings is 2. The SMILES string of the molecule is Cc1ccc(C2=C(C(CCCC(=O)O)(C(=O)O)C3=C(c4ccc(C)cc4C)C(=O)CC(C)(C)C3)CC(C)(C)CC2=O)c(C)c1. The highest BCUT2D eigenvalue weighted by Crippen LogP contribution is 2.58. The number of aliphatic carboxylic acids is 2.